The fourth-order valence-corrected chi connectivity index (χ4v) is 11.9. The Bertz CT molecular complexity index is 2890. The molecule has 11 rings (SSSR count). The third-order valence-corrected chi connectivity index (χ3v) is 14.8. The van der Waals surface area contributed by atoms with Crippen LogP contribution in [0.2, 0.25) is 0 Å². The normalized spacial score (nSPS) is 19.0. The van der Waals surface area contributed by atoms with Gasteiger partial charge >= 0.3 is 0 Å². The van der Waals surface area contributed by atoms with Crippen LogP contribution in [0.5, 0.6) is 0 Å². The number of aliphatic imine (C=N–C) groups is 1. The number of fused-ring (bicyclic) bond motifs is 10. The third-order valence-electron chi connectivity index (χ3n) is 14.5. The lowest BCUT2D eigenvalue weighted by Gasteiger charge is -2.40. The largest absolute Gasteiger partial charge is 0.359 e. The van der Waals surface area contributed by atoms with E-state index in [0.717, 1.165) is 24.0 Å². The van der Waals surface area contributed by atoms with Crippen molar-refractivity contribution in [2.75, 3.05) is 7.05 Å². The monoisotopic (exact) mass is 920 g/mol. The molecule has 0 spiro atoms. The van der Waals surface area contributed by atoms with Gasteiger partial charge in [-0.15, -0.1) is 0 Å². The molecule has 62 heavy (non-hydrogen) atoms. The molecule has 1 N–H and O–H groups in total. The Kier molecular flexibility index (Phi) is 9.47. The molecule has 3 aliphatic carbocycles. The van der Waals surface area contributed by atoms with Crippen LogP contribution in [0.25, 0.3) is 27.8 Å². The Hall–Kier alpha value is -5.70. The van der Waals surface area contributed by atoms with E-state index in [2.05, 4.69) is 197 Å². The summed E-state index contributed by atoms with van der Waals surface area (Å²) in [5.74, 6) is 0.361. The molecule has 1 fully saturated rings. The predicted molar refractivity (Wildman–Crippen MR) is 260 cm³/mol. The van der Waals surface area contributed by atoms with Crippen molar-refractivity contribution in [3.8, 4) is 22.3 Å². The maximum Gasteiger partial charge on any atom is 0.115 e. The molecule has 0 amide bonds. The predicted octanol–water partition coefficient (Wildman–Crippen LogP) is 12.9. The van der Waals surface area contributed by atoms with E-state index in [0.29, 0.717) is 0 Å². The zero-order chi connectivity index (χ0) is 42.3. The molecule has 4 aliphatic rings. The molecule has 0 radical (unpaired) electrons. The van der Waals surface area contributed by atoms with Crippen LogP contribution in [-0.4, -0.2) is 23.2 Å². The van der Waals surface area contributed by atoms with Crippen LogP contribution in [0.4, 0.5) is 0 Å². The summed E-state index contributed by atoms with van der Waals surface area (Å²) in [5.41, 5.74) is 23.0. The summed E-state index contributed by atoms with van der Waals surface area (Å²) in [6.45, 7) is 9.49. The van der Waals surface area contributed by atoms with Gasteiger partial charge in [-0.1, -0.05) is 137 Å². The highest BCUT2D eigenvalue weighted by atomic mass is 127. The van der Waals surface area contributed by atoms with Crippen molar-refractivity contribution in [2.45, 2.75) is 75.4 Å². The van der Waals surface area contributed by atoms with E-state index in [1.54, 1.807) is 6.33 Å². The van der Waals surface area contributed by atoms with Crippen molar-refractivity contribution in [2.24, 2.45) is 4.99 Å². The number of benzene rings is 6. The lowest BCUT2D eigenvalue weighted by molar-refractivity contribution is 0.380. The van der Waals surface area contributed by atoms with Gasteiger partial charge in [0.05, 0.1) is 22.9 Å². The van der Waals surface area contributed by atoms with Crippen molar-refractivity contribution in [1.82, 2.24) is 13.5 Å². The minimum Gasteiger partial charge on any atom is -0.359 e. The Morgan fingerprint density at radius 1 is 0.613 bits per heavy atom. The van der Waals surface area contributed by atoms with Gasteiger partial charge in [-0.25, -0.2) is 9.97 Å². The van der Waals surface area contributed by atoms with Crippen molar-refractivity contribution < 1.29 is 4.74 Å². The second kappa shape index (κ2) is 15.0. The molecule has 0 bridgehead atoms. The van der Waals surface area contributed by atoms with E-state index in [1.165, 1.54) is 89.0 Å². The smallest absolute Gasteiger partial charge is 0.115 e. The molecular formula is C56H49IN4O. The van der Waals surface area contributed by atoms with E-state index >= 15 is 0 Å². The van der Waals surface area contributed by atoms with Gasteiger partial charge in [0, 0.05) is 65.7 Å². The third kappa shape index (κ3) is 6.16. The molecule has 6 heteroatoms. The standard InChI is InChI=1S/C56H49IN4O/c1-55(2)49-18-10-6-14-37(49)43(38-15-7-11-19-50(38)55)22-33-24-45-46-25-34(23-44-39-16-8-12-20-51(39)56(3,4)52-21-13-9-17-40(44)52)42(36-29-59-32-60-30-36)27-48(46)54-53(62-54)47(45)26-41(33)35(28-58-5)31-61-57/h6-21,24-32,43-44,53-54,61H,22-23H2,1-5H3/b35-31+,58-28-. The summed E-state index contributed by atoms with van der Waals surface area (Å²) >= 11 is 2.21. The summed E-state index contributed by atoms with van der Waals surface area (Å²) in [6, 6.07) is 46.2. The van der Waals surface area contributed by atoms with Crippen LogP contribution >= 0.6 is 22.9 Å². The quantitative estimate of drug-likeness (QED) is 0.0714. The maximum absolute atomic E-state index is 6.69. The SMILES string of the molecule is C/N=C\C(=C/NI)c1cc2c(cc1CC1c3ccccc3C(C)(C)c3ccccc31)-c1cc(CC3c4ccccc4C(C)(C)c4ccccc43)c(-c3cncnc3)cc1C1OC21. The van der Waals surface area contributed by atoms with Crippen LogP contribution in [-0.2, 0) is 28.4 Å². The van der Waals surface area contributed by atoms with Gasteiger partial charge in [0.1, 0.15) is 18.5 Å². The van der Waals surface area contributed by atoms with E-state index in [1.807, 2.05) is 25.7 Å². The first kappa shape index (κ1) is 39.2. The number of rotatable bonds is 8. The topological polar surface area (TPSA) is 62.7 Å². The van der Waals surface area contributed by atoms with E-state index < -0.39 is 0 Å². The number of hydrogen-bond donors (Lipinski definition) is 1. The molecule has 2 unspecified atom stereocenters. The molecule has 1 aromatic heterocycles. The zero-order valence-electron chi connectivity index (χ0n) is 35.8. The molecule has 2 atom stereocenters. The summed E-state index contributed by atoms with van der Waals surface area (Å²) in [4.78, 5) is 13.6. The number of allylic oxidation sites excluding steroid dienone is 1. The number of aromatic nitrogens is 2. The summed E-state index contributed by atoms with van der Waals surface area (Å²) in [5, 5.41) is 0. The molecule has 1 saturated heterocycles. The van der Waals surface area contributed by atoms with Gasteiger partial charge in [-0.3, -0.25) is 4.99 Å². The minimum absolute atomic E-state index is 0.0140. The molecule has 7 aromatic rings. The first-order valence-corrected chi connectivity index (χ1v) is 22.9. The number of epoxide rings is 1. The Balaban J connectivity index is 1.12. The average Bonchev–Trinajstić information content (AvgIpc) is 4.11. The highest BCUT2D eigenvalue weighted by Gasteiger charge is 2.49. The molecular weight excluding hydrogens is 872 g/mol. The van der Waals surface area contributed by atoms with Crippen molar-refractivity contribution in [3.63, 3.8) is 0 Å². The number of hydrogen-bond acceptors (Lipinski definition) is 5. The first-order chi connectivity index (χ1) is 30.2. The van der Waals surface area contributed by atoms with Crippen LogP contribution in [0.1, 0.15) is 124 Å². The molecule has 306 valence electrons. The lowest BCUT2D eigenvalue weighted by atomic mass is 9.64. The molecule has 1 aliphatic heterocycles. The first-order valence-electron chi connectivity index (χ1n) is 21.8. The fraction of sp³-hybridized carbons (Fsp3) is 0.232. The van der Waals surface area contributed by atoms with Gasteiger partial charge < -0.3 is 8.27 Å². The maximum atomic E-state index is 6.69. The molecule has 5 nitrogen and oxygen atoms in total. The fourth-order valence-electron chi connectivity index (χ4n) is 11.5. The van der Waals surface area contributed by atoms with Gasteiger partial charge in [0.2, 0.25) is 0 Å². The Morgan fingerprint density at radius 3 is 1.55 bits per heavy atom. The molecule has 2 heterocycles. The Labute approximate surface area is 379 Å². The average molecular weight is 921 g/mol. The summed E-state index contributed by atoms with van der Waals surface area (Å²) in [7, 11) is 1.85. The van der Waals surface area contributed by atoms with Crippen molar-refractivity contribution >= 4 is 34.7 Å². The lowest BCUT2D eigenvalue weighted by Crippen LogP contribution is -2.30. The summed E-state index contributed by atoms with van der Waals surface area (Å²) < 4.78 is 9.99. The van der Waals surface area contributed by atoms with Crippen molar-refractivity contribution in [1.29, 1.82) is 0 Å². The summed E-state index contributed by atoms with van der Waals surface area (Å²) in [6.07, 6.45) is 11.2. The van der Waals surface area contributed by atoms with E-state index in [-0.39, 0.29) is 34.9 Å². The van der Waals surface area contributed by atoms with Gasteiger partial charge in [-0.2, -0.15) is 0 Å². The number of nitrogens with zero attached hydrogens (tertiary/aromatic N) is 3. The van der Waals surface area contributed by atoms with E-state index in [4.69, 9.17) is 4.74 Å². The minimum atomic E-state index is -0.0995. The van der Waals surface area contributed by atoms with Crippen LogP contribution in [0, 0.1) is 0 Å². The van der Waals surface area contributed by atoms with Crippen LogP contribution in [0.15, 0.2) is 151 Å². The molecule has 6 aromatic carbocycles. The number of nitrogens with one attached hydrogen (secondary N) is 1. The van der Waals surface area contributed by atoms with Crippen LogP contribution < -0.4 is 3.53 Å². The second-order valence-electron chi connectivity index (χ2n) is 18.5. The second-order valence-corrected chi connectivity index (χ2v) is 19.1. The van der Waals surface area contributed by atoms with Crippen molar-refractivity contribution in [3.05, 3.63) is 219 Å². The number of ether oxygens (including phenoxy) is 1. The number of halogens is 1. The van der Waals surface area contributed by atoms with Gasteiger partial charge in [0.25, 0.3) is 0 Å². The van der Waals surface area contributed by atoms with Gasteiger partial charge in [0.15, 0.2) is 0 Å². The zero-order valence-corrected chi connectivity index (χ0v) is 37.9. The Morgan fingerprint density at radius 2 is 1.06 bits per heavy atom. The highest BCUT2D eigenvalue weighted by Crippen LogP contribution is 2.61. The van der Waals surface area contributed by atoms with Gasteiger partial charge in [-0.05, 0) is 114 Å². The van der Waals surface area contributed by atoms with E-state index in [9.17, 15) is 0 Å². The van der Waals surface area contributed by atoms with Crippen LogP contribution in [0.3, 0.4) is 0 Å². The molecule has 0 saturated carbocycles. The highest BCUT2D eigenvalue weighted by molar-refractivity contribution is 14.1.